The molecular weight excluding hydrogens is 355 g/mol. The largest absolute Gasteiger partial charge is 0.449 e. The quantitative estimate of drug-likeness (QED) is 0.265. The first kappa shape index (κ1) is 19.1. The zero-order chi connectivity index (χ0) is 19.9. The molecule has 1 amide bonds. The van der Waals surface area contributed by atoms with Crippen LogP contribution >= 0.6 is 0 Å². The number of pyridine rings is 1. The molecule has 4 N–H and O–H groups in total. The van der Waals surface area contributed by atoms with E-state index in [2.05, 4.69) is 27.4 Å². The van der Waals surface area contributed by atoms with Crippen molar-refractivity contribution in [1.82, 2.24) is 15.4 Å². The summed E-state index contributed by atoms with van der Waals surface area (Å²) in [6.45, 7) is 4.16. The third kappa shape index (κ3) is 3.35. The molecule has 28 heavy (non-hydrogen) atoms. The number of hydrogen-bond donors (Lipinski definition) is 4. The van der Waals surface area contributed by atoms with Gasteiger partial charge in [0.25, 0.3) is 0 Å². The number of nitrogens with zero attached hydrogens (tertiary/aromatic N) is 2. The highest BCUT2D eigenvalue weighted by Gasteiger charge is 2.47. The van der Waals surface area contributed by atoms with Crippen LogP contribution in [-0.4, -0.2) is 45.3 Å². The van der Waals surface area contributed by atoms with Crippen LogP contribution in [0, 0.1) is 23.7 Å². The van der Waals surface area contributed by atoms with E-state index in [0.29, 0.717) is 30.1 Å². The standard InChI is InChI=1S/C20H27BN4O3/c1-11-5-12-6-13(8-20(2,27)7-12)16(11)18(25-24-10-26)17-14-3-4-22-19(14)23-9-15(17)21-28/h3-4,9-13,16,21,27-28H,5-8H2,1-2H3,(H,22,23)(H,24,26)/b25-18-. The molecule has 0 aromatic carbocycles. The van der Waals surface area contributed by atoms with Crippen LogP contribution in [0.2, 0.25) is 0 Å². The number of rotatable bonds is 5. The summed E-state index contributed by atoms with van der Waals surface area (Å²) in [5, 5.41) is 26.1. The van der Waals surface area contributed by atoms with Gasteiger partial charge in [-0.15, -0.1) is 0 Å². The number of nitrogens with one attached hydrogen (secondary N) is 2. The number of carbonyl (C=O) groups is 1. The Balaban J connectivity index is 1.86. The predicted octanol–water partition coefficient (Wildman–Crippen LogP) is 0.805. The van der Waals surface area contributed by atoms with Crippen molar-refractivity contribution in [3.8, 4) is 0 Å². The minimum Gasteiger partial charge on any atom is -0.449 e. The Morgan fingerprint density at radius 2 is 2.29 bits per heavy atom. The van der Waals surface area contributed by atoms with E-state index >= 15 is 0 Å². The number of hydrogen-bond acceptors (Lipinski definition) is 5. The van der Waals surface area contributed by atoms with Gasteiger partial charge in [-0.2, -0.15) is 5.10 Å². The van der Waals surface area contributed by atoms with E-state index in [1.807, 2.05) is 19.2 Å². The number of fused-ring (bicyclic) bond motifs is 3. The average Bonchev–Trinajstić information content (AvgIpc) is 3.10. The van der Waals surface area contributed by atoms with Gasteiger partial charge in [0.15, 0.2) is 0 Å². The molecule has 0 radical (unpaired) electrons. The van der Waals surface area contributed by atoms with E-state index in [1.54, 1.807) is 6.20 Å². The lowest BCUT2D eigenvalue weighted by Crippen LogP contribution is -2.48. The number of hydrazone groups is 1. The van der Waals surface area contributed by atoms with Crippen molar-refractivity contribution in [2.75, 3.05) is 0 Å². The monoisotopic (exact) mass is 382 g/mol. The molecule has 0 saturated heterocycles. The first-order valence-corrected chi connectivity index (χ1v) is 9.99. The summed E-state index contributed by atoms with van der Waals surface area (Å²) in [6, 6.07) is 1.93. The van der Waals surface area contributed by atoms with Gasteiger partial charge in [0, 0.05) is 29.3 Å². The van der Waals surface area contributed by atoms with Crippen molar-refractivity contribution in [2.45, 2.75) is 45.1 Å². The molecule has 0 spiro atoms. The summed E-state index contributed by atoms with van der Waals surface area (Å²) in [7, 11) is -0.157. The first-order chi connectivity index (χ1) is 13.4. The molecule has 4 rings (SSSR count). The smallest absolute Gasteiger partial charge is 0.307 e. The van der Waals surface area contributed by atoms with Gasteiger partial charge < -0.3 is 15.1 Å². The van der Waals surface area contributed by atoms with Crippen molar-refractivity contribution in [1.29, 1.82) is 0 Å². The van der Waals surface area contributed by atoms with Crippen LogP contribution in [0.5, 0.6) is 0 Å². The zero-order valence-corrected chi connectivity index (χ0v) is 16.4. The number of amides is 1. The molecular formula is C20H27BN4O3. The van der Waals surface area contributed by atoms with Crippen molar-refractivity contribution in [2.24, 2.45) is 28.8 Å². The van der Waals surface area contributed by atoms with Crippen LogP contribution in [0.15, 0.2) is 23.6 Å². The highest BCUT2D eigenvalue weighted by molar-refractivity contribution is 6.49. The summed E-state index contributed by atoms with van der Waals surface area (Å²) in [6.07, 6.45) is 7.69. The molecule has 148 valence electrons. The Hall–Kier alpha value is -2.19. The third-order valence-electron chi connectivity index (χ3n) is 6.54. The zero-order valence-electron chi connectivity index (χ0n) is 16.4. The molecule has 2 bridgehead atoms. The van der Waals surface area contributed by atoms with E-state index in [1.165, 1.54) is 0 Å². The van der Waals surface area contributed by atoms with E-state index in [9.17, 15) is 14.9 Å². The highest BCUT2D eigenvalue weighted by Crippen LogP contribution is 2.50. The Morgan fingerprint density at radius 3 is 3.04 bits per heavy atom. The summed E-state index contributed by atoms with van der Waals surface area (Å²) < 4.78 is 0. The molecule has 2 aromatic rings. The topological polar surface area (TPSA) is 111 Å². The maximum absolute atomic E-state index is 11.1. The number of H-pyrrole nitrogens is 1. The van der Waals surface area contributed by atoms with Gasteiger partial charge in [-0.05, 0) is 61.9 Å². The average molecular weight is 382 g/mol. The number of aliphatic hydroxyl groups is 1. The molecule has 5 unspecified atom stereocenters. The fourth-order valence-electron chi connectivity index (χ4n) is 5.81. The Labute approximate surface area is 164 Å². The fourth-order valence-corrected chi connectivity index (χ4v) is 5.81. The molecule has 2 saturated carbocycles. The van der Waals surface area contributed by atoms with Crippen LogP contribution < -0.4 is 10.9 Å². The van der Waals surface area contributed by atoms with E-state index in [0.717, 1.165) is 41.6 Å². The van der Waals surface area contributed by atoms with E-state index in [4.69, 9.17) is 0 Å². The van der Waals surface area contributed by atoms with Crippen LogP contribution in [0.4, 0.5) is 0 Å². The molecule has 8 heteroatoms. The molecule has 0 aliphatic heterocycles. The van der Waals surface area contributed by atoms with E-state index in [-0.39, 0.29) is 19.3 Å². The lowest BCUT2D eigenvalue weighted by Gasteiger charge is -2.49. The molecule has 2 aromatic heterocycles. The fraction of sp³-hybridized carbons (Fsp3) is 0.550. The number of aromatic amines is 1. The first-order valence-electron chi connectivity index (χ1n) is 9.99. The minimum atomic E-state index is -0.670. The summed E-state index contributed by atoms with van der Waals surface area (Å²) in [5.74, 6) is 1.24. The molecule has 2 fully saturated rings. The van der Waals surface area contributed by atoms with Gasteiger partial charge >= 0.3 is 7.48 Å². The van der Waals surface area contributed by atoms with Gasteiger partial charge in [-0.3, -0.25) is 4.79 Å². The molecule has 2 aliphatic carbocycles. The van der Waals surface area contributed by atoms with Crippen molar-refractivity contribution in [3.63, 3.8) is 0 Å². The van der Waals surface area contributed by atoms with Crippen LogP contribution in [0.25, 0.3) is 11.0 Å². The summed E-state index contributed by atoms with van der Waals surface area (Å²) >= 11 is 0. The summed E-state index contributed by atoms with van der Waals surface area (Å²) in [4.78, 5) is 18.6. The van der Waals surface area contributed by atoms with Gasteiger partial charge in [-0.25, -0.2) is 10.4 Å². The number of aromatic nitrogens is 2. The summed E-state index contributed by atoms with van der Waals surface area (Å²) in [5.41, 5.74) is 4.86. The van der Waals surface area contributed by atoms with Gasteiger partial charge in [0.2, 0.25) is 6.41 Å². The lowest BCUT2D eigenvalue weighted by atomic mass is 9.57. The van der Waals surface area contributed by atoms with Crippen LogP contribution in [0.1, 0.15) is 45.1 Å². The van der Waals surface area contributed by atoms with Crippen LogP contribution in [0.3, 0.4) is 0 Å². The van der Waals surface area contributed by atoms with Crippen molar-refractivity contribution in [3.05, 3.63) is 24.0 Å². The lowest BCUT2D eigenvalue weighted by molar-refractivity contribution is -0.109. The van der Waals surface area contributed by atoms with Gasteiger partial charge in [-0.1, -0.05) is 6.92 Å². The van der Waals surface area contributed by atoms with E-state index < -0.39 is 5.60 Å². The molecule has 7 nitrogen and oxygen atoms in total. The maximum atomic E-state index is 11.1. The SMILES string of the molecule is CC1CC2CC(CC(C)(O)C2)C1/C(=N/NC=O)c1c(BO)cnc2[nH]ccc12. The van der Waals surface area contributed by atoms with Crippen LogP contribution in [-0.2, 0) is 4.79 Å². The second kappa shape index (κ2) is 7.33. The van der Waals surface area contributed by atoms with Crippen molar-refractivity contribution < 1.29 is 14.9 Å². The Morgan fingerprint density at radius 1 is 1.46 bits per heavy atom. The Bertz CT molecular complexity index is 908. The highest BCUT2D eigenvalue weighted by atomic mass is 16.3. The molecule has 5 atom stereocenters. The third-order valence-corrected chi connectivity index (χ3v) is 6.54. The Kier molecular flexibility index (Phi) is 5.01. The van der Waals surface area contributed by atoms with Gasteiger partial charge in [0.1, 0.15) is 5.65 Å². The second-order valence-electron chi connectivity index (χ2n) is 8.81. The number of carbonyl (C=O) groups excluding carboxylic acids is 1. The predicted molar refractivity (Wildman–Crippen MR) is 110 cm³/mol. The molecule has 2 aliphatic rings. The van der Waals surface area contributed by atoms with Gasteiger partial charge in [0.05, 0.1) is 11.3 Å². The minimum absolute atomic E-state index is 0.0845. The molecule has 2 heterocycles. The maximum Gasteiger partial charge on any atom is 0.307 e. The van der Waals surface area contributed by atoms with Crippen molar-refractivity contribution >= 4 is 36.1 Å². The second-order valence-corrected chi connectivity index (χ2v) is 8.81. The normalized spacial score (nSPS) is 32.9.